The lowest BCUT2D eigenvalue weighted by atomic mass is 10.3. The minimum absolute atomic E-state index is 0.0279. The number of amides is 1. The summed E-state index contributed by atoms with van der Waals surface area (Å²) < 4.78 is 13.6. The average molecular weight is 309 g/mol. The number of thioether (sulfide) groups is 1. The minimum Gasteiger partial charge on any atom is -0.324 e. The average Bonchev–Trinajstić information content (AvgIpc) is 2.08. The third-order valence-electron chi connectivity index (χ3n) is 1.66. The van der Waals surface area contributed by atoms with Crippen LogP contribution in [-0.2, 0) is 4.79 Å². The molecule has 0 bridgehead atoms. The molecule has 0 unspecified atom stereocenters. The number of rotatable bonds is 0. The number of carbonyl (C=O) groups excluding carboxylic acids is 1. The van der Waals surface area contributed by atoms with Gasteiger partial charge in [-0.05, 0) is 34.7 Å². The van der Waals surface area contributed by atoms with E-state index in [1.54, 1.807) is 6.07 Å². The molecule has 5 heteroatoms. The Morgan fingerprint density at radius 3 is 3.08 bits per heavy atom. The summed E-state index contributed by atoms with van der Waals surface area (Å²) >= 11 is 3.27. The van der Waals surface area contributed by atoms with E-state index < -0.39 is 0 Å². The van der Waals surface area contributed by atoms with E-state index >= 15 is 0 Å². The van der Waals surface area contributed by atoms with Gasteiger partial charge in [-0.3, -0.25) is 4.79 Å². The SMILES string of the molecule is O=C1CSc2cc(F)c(I)cc2N1. The largest absolute Gasteiger partial charge is 0.324 e. The predicted molar refractivity (Wildman–Crippen MR) is 58.5 cm³/mol. The van der Waals surface area contributed by atoms with E-state index in [9.17, 15) is 9.18 Å². The number of benzene rings is 1. The Hall–Kier alpha value is -0.300. The molecule has 1 aromatic rings. The van der Waals surface area contributed by atoms with Gasteiger partial charge in [-0.25, -0.2) is 4.39 Å². The zero-order valence-corrected chi connectivity index (χ0v) is 9.41. The highest BCUT2D eigenvalue weighted by molar-refractivity contribution is 14.1. The smallest absolute Gasteiger partial charge is 0.234 e. The number of anilines is 1. The third kappa shape index (κ3) is 1.80. The van der Waals surface area contributed by atoms with Crippen LogP contribution in [0, 0.1) is 9.39 Å². The van der Waals surface area contributed by atoms with Crippen molar-refractivity contribution in [1.82, 2.24) is 0 Å². The Balaban J connectivity index is 2.49. The second-order valence-corrected chi connectivity index (χ2v) is 4.78. The van der Waals surface area contributed by atoms with Gasteiger partial charge in [0.05, 0.1) is 15.0 Å². The molecule has 68 valence electrons. The van der Waals surface area contributed by atoms with Crippen LogP contribution in [0.1, 0.15) is 0 Å². The van der Waals surface area contributed by atoms with Crippen LogP contribution in [-0.4, -0.2) is 11.7 Å². The molecule has 2 rings (SSSR count). The quantitative estimate of drug-likeness (QED) is 0.746. The molecule has 0 fully saturated rings. The third-order valence-corrected chi connectivity index (χ3v) is 3.54. The van der Waals surface area contributed by atoms with Crippen LogP contribution in [0.4, 0.5) is 10.1 Å². The Morgan fingerprint density at radius 2 is 2.31 bits per heavy atom. The van der Waals surface area contributed by atoms with E-state index in [1.165, 1.54) is 17.8 Å². The van der Waals surface area contributed by atoms with Crippen molar-refractivity contribution >= 4 is 45.9 Å². The summed E-state index contributed by atoms with van der Waals surface area (Å²) in [4.78, 5) is 11.8. The molecule has 0 spiro atoms. The highest BCUT2D eigenvalue weighted by atomic mass is 127. The van der Waals surface area contributed by atoms with Crippen LogP contribution < -0.4 is 5.32 Å². The van der Waals surface area contributed by atoms with Crippen molar-refractivity contribution in [2.24, 2.45) is 0 Å². The Labute approximate surface area is 92.4 Å². The zero-order valence-electron chi connectivity index (χ0n) is 6.43. The van der Waals surface area contributed by atoms with Gasteiger partial charge in [0.2, 0.25) is 5.91 Å². The summed E-state index contributed by atoms with van der Waals surface area (Å²) in [5, 5.41) is 2.70. The predicted octanol–water partition coefficient (Wildman–Crippen LogP) is 2.47. The van der Waals surface area contributed by atoms with Crippen LogP contribution in [0.15, 0.2) is 17.0 Å². The second-order valence-electron chi connectivity index (χ2n) is 2.60. The fraction of sp³-hybridized carbons (Fsp3) is 0.125. The number of halogens is 2. The van der Waals surface area contributed by atoms with E-state index in [0.29, 0.717) is 15.0 Å². The van der Waals surface area contributed by atoms with Gasteiger partial charge in [0.1, 0.15) is 5.82 Å². The molecule has 2 nitrogen and oxygen atoms in total. The van der Waals surface area contributed by atoms with Crippen LogP contribution in [0.5, 0.6) is 0 Å². The maximum Gasteiger partial charge on any atom is 0.234 e. The van der Waals surface area contributed by atoms with E-state index in [-0.39, 0.29) is 11.7 Å². The second kappa shape index (κ2) is 3.45. The van der Waals surface area contributed by atoms with E-state index in [0.717, 1.165) is 4.90 Å². The molecule has 0 aliphatic carbocycles. The molecule has 0 aromatic heterocycles. The zero-order chi connectivity index (χ0) is 9.42. The maximum absolute atomic E-state index is 13.1. The van der Waals surface area contributed by atoms with E-state index in [2.05, 4.69) is 5.32 Å². The lowest BCUT2D eigenvalue weighted by Gasteiger charge is -2.16. The molecular weight excluding hydrogens is 304 g/mol. The van der Waals surface area contributed by atoms with Crippen molar-refractivity contribution in [3.63, 3.8) is 0 Å². The molecule has 1 amide bonds. The lowest BCUT2D eigenvalue weighted by Crippen LogP contribution is -2.18. The van der Waals surface area contributed by atoms with Crippen LogP contribution in [0.3, 0.4) is 0 Å². The summed E-state index contributed by atoms with van der Waals surface area (Å²) in [5.74, 6) is 0.107. The van der Waals surface area contributed by atoms with Gasteiger partial charge in [0, 0.05) is 4.90 Å². The van der Waals surface area contributed by atoms with Crippen LogP contribution in [0.2, 0.25) is 0 Å². The van der Waals surface area contributed by atoms with Gasteiger partial charge in [-0.1, -0.05) is 0 Å². The van der Waals surface area contributed by atoms with Crippen molar-refractivity contribution in [1.29, 1.82) is 0 Å². The van der Waals surface area contributed by atoms with Crippen LogP contribution in [0.25, 0.3) is 0 Å². The molecule has 1 aromatic carbocycles. The van der Waals surface area contributed by atoms with Gasteiger partial charge >= 0.3 is 0 Å². The van der Waals surface area contributed by atoms with Crippen LogP contribution >= 0.6 is 34.4 Å². The first kappa shape index (κ1) is 9.26. The first-order valence-corrected chi connectivity index (χ1v) is 5.65. The van der Waals surface area contributed by atoms with Gasteiger partial charge in [0.25, 0.3) is 0 Å². The first-order chi connectivity index (χ1) is 6.16. The first-order valence-electron chi connectivity index (χ1n) is 3.58. The molecule has 1 N–H and O–H groups in total. The molecule has 13 heavy (non-hydrogen) atoms. The van der Waals surface area contributed by atoms with Crippen molar-refractivity contribution in [3.8, 4) is 0 Å². The highest BCUT2D eigenvalue weighted by Gasteiger charge is 2.17. The van der Waals surface area contributed by atoms with Crippen molar-refractivity contribution in [2.75, 3.05) is 11.1 Å². The molecular formula is C8H5FINOS. The molecule has 0 atom stereocenters. The van der Waals surface area contributed by atoms with Gasteiger partial charge in [0.15, 0.2) is 0 Å². The van der Waals surface area contributed by atoms with Crippen molar-refractivity contribution in [3.05, 3.63) is 21.5 Å². The van der Waals surface area contributed by atoms with E-state index in [4.69, 9.17) is 0 Å². The number of nitrogens with one attached hydrogen (secondary N) is 1. The normalized spacial score (nSPS) is 15.1. The lowest BCUT2D eigenvalue weighted by molar-refractivity contribution is -0.113. The Bertz CT molecular complexity index is 383. The fourth-order valence-electron chi connectivity index (χ4n) is 1.08. The maximum atomic E-state index is 13.1. The molecule has 0 radical (unpaired) electrons. The van der Waals surface area contributed by atoms with Crippen molar-refractivity contribution < 1.29 is 9.18 Å². The monoisotopic (exact) mass is 309 g/mol. The number of carbonyl (C=O) groups is 1. The highest BCUT2D eigenvalue weighted by Crippen LogP contribution is 2.33. The number of fused-ring (bicyclic) bond motifs is 1. The van der Waals surface area contributed by atoms with Gasteiger partial charge in [-0.15, -0.1) is 11.8 Å². The number of hydrogen-bond donors (Lipinski definition) is 1. The Morgan fingerprint density at radius 1 is 1.54 bits per heavy atom. The summed E-state index contributed by atoms with van der Waals surface area (Å²) in [6.07, 6.45) is 0. The summed E-state index contributed by atoms with van der Waals surface area (Å²) in [6.45, 7) is 0. The molecule has 1 aliphatic rings. The van der Waals surface area contributed by atoms with Crippen molar-refractivity contribution in [2.45, 2.75) is 4.90 Å². The number of hydrogen-bond acceptors (Lipinski definition) is 2. The summed E-state index contributed by atoms with van der Waals surface area (Å²) in [6, 6.07) is 3.11. The van der Waals surface area contributed by atoms with E-state index in [1.807, 2.05) is 22.6 Å². The summed E-state index contributed by atoms with van der Waals surface area (Å²) in [7, 11) is 0. The van der Waals surface area contributed by atoms with Gasteiger partial charge < -0.3 is 5.32 Å². The Kier molecular flexibility index (Phi) is 2.46. The topological polar surface area (TPSA) is 29.1 Å². The molecule has 0 saturated carbocycles. The molecule has 1 aliphatic heterocycles. The molecule has 0 saturated heterocycles. The fourth-order valence-corrected chi connectivity index (χ4v) is 2.35. The molecule has 1 heterocycles. The standard InChI is InChI=1S/C8H5FINOS/c9-4-1-7-6(2-5(4)10)11-8(12)3-13-7/h1-2H,3H2,(H,11,12). The van der Waals surface area contributed by atoms with Gasteiger partial charge in [-0.2, -0.15) is 0 Å². The summed E-state index contributed by atoms with van der Waals surface area (Å²) in [5.41, 5.74) is 0.715. The minimum atomic E-state index is -0.233.